The fourth-order valence-corrected chi connectivity index (χ4v) is 6.81. The van der Waals surface area contributed by atoms with Gasteiger partial charge in [0.1, 0.15) is 0 Å². The highest BCUT2D eigenvalue weighted by Crippen LogP contribution is 2.50. The second kappa shape index (κ2) is 4.58. The van der Waals surface area contributed by atoms with E-state index in [9.17, 15) is 0 Å². The van der Waals surface area contributed by atoms with Gasteiger partial charge in [-0.25, -0.2) is 0 Å². The highest BCUT2D eigenvalue weighted by molar-refractivity contribution is 7.81. The van der Waals surface area contributed by atoms with Gasteiger partial charge in [-0.2, -0.15) is 0 Å². The molecule has 0 atom stereocenters. The molecule has 6 aromatic rings. The number of fused-ring (bicyclic) bond motifs is 4. The minimum atomic E-state index is 1.02. The summed E-state index contributed by atoms with van der Waals surface area (Å²) in [5, 5.41) is 15.0. The Morgan fingerprint density at radius 2 is 1.38 bits per heavy atom. The maximum Gasteiger partial charge on any atom is 0.0435 e. The van der Waals surface area contributed by atoms with E-state index in [0.29, 0.717) is 0 Å². The first-order valence-electron chi connectivity index (χ1n) is 7.64. The summed E-state index contributed by atoms with van der Waals surface area (Å²) in [6.07, 6.45) is 0. The highest BCUT2D eigenvalue weighted by Gasteiger charge is 2.20. The van der Waals surface area contributed by atoms with Crippen molar-refractivity contribution in [2.45, 2.75) is 9.79 Å². The van der Waals surface area contributed by atoms with Crippen LogP contribution in [0, 0.1) is 0 Å². The predicted octanol–water partition coefficient (Wildman–Crippen LogP) is 7.59. The summed E-state index contributed by atoms with van der Waals surface area (Å²) in [5.41, 5.74) is 0. The second-order valence-corrected chi connectivity index (χ2v) is 8.82. The van der Waals surface area contributed by atoms with Gasteiger partial charge in [0.05, 0.1) is 0 Å². The smallest absolute Gasteiger partial charge is 0.0435 e. The molecule has 4 aromatic carbocycles. The van der Waals surface area contributed by atoms with E-state index in [1.54, 1.807) is 0 Å². The highest BCUT2D eigenvalue weighted by atomic mass is 32.1. The third-order valence-corrected chi connectivity index (χ3v) is 7.76. The van der Waals surface area contributed by atoms with Crippen molar-refractivity contribution in [1.82, 2.24) is 0 Å². The summed E-state index contributed by atoms with van der Waals surface area (Å²) in [5.74, 6) is 0. The molecule has 2 aromatic heterocycles. The van der Waals surface area contributed by atoms with E-state index >= 15 is 0 Å². The van der Waals surface area contributed by atoms with Gasteiger partial charge in [-0.05, 0) is 28.3 Å². The van der Waals surface area contributed by atoms with Gasteiger partial charge >= 0.3 is 0 Å². The van der Waals surface area contributed by atoms with Crippen LogP contribution >= 0.6 is 47.9 Å². The zero-order valence-corrected chi connectivity index (χ0v) is 15.8. The Morgan fingerprint density at radius 1 is 0.625 bits per heavy atom. The number of hydrogen-bond donors (Lipinski definition) is 2. The van der Waals surface area contributed by atoms with Gasteiger partial charge in [-0.15, -0.1) is 47.9 Å². The maximum atomic E-state index is 4.97. The van der Waals surface area contributed by atoms with Crippen molar-refractivity contribution in [1.29, 1.82) is 0 Å². The van der Waals surface area contributed by atoms with Crippen LogP contribution in [0.5, 0.6) is 0 Å². The lowest BCUT2D eigenvalue weighted by Crippen LogP contribution is -1.85. The standard InChI is InChI=1S/C20H10S4/c21-13-5-1-3-9-15(13)11-8-24-20-10-4-2-6-14-16(10)12(7-23-14)17(18(11)20)19(9)22/h1-8,21-22H. The summed E-state index contributed by atoms with van der Waals surface area (Å²) in [6, 6.07) is 12.9. The summed E-state index contributed by atoms with van der Waals surface area (Å²) < 4.78 is 2.72. The first kappa shape index (κ1) is 13.8. The van der Waals surface area contributed by atoms with E-state index in [0.717, 1.165) is 9.79 Å². The van der Waals surface area contributed by atoms with Gasteiger partial charge in [-0.3, -0.25) is 0 Å². The van der Waals surface area contributed by atoms with Gasteiger partial charge in [0.2, 0.25) is 0 Å². The van der Waals surface area contributed by atoms with Crippen LogP contribution in [0.15, 0.2) is 56.9 Å². The van der Waals surface area contributed by atoms with Gasteiger partial charge in [-0.1, -0.05) is 24.3 Å². The summed E-state index contributed by atoms with van der Waals surface area (Å²) in [6.45, 7) is 0. The van der Waals surface area contributed by atoms with E-state index in [1.165, 1.54) is 52.5 Å². The van der Waals surface area contributed by atoms with Crippen molar-refractivity contribution in [3.63, 3.8) is 0 Å². The van der Waals surface area contributed by atoms with Crippen molar-refractivity contribution in [3.8, 4) is 0 Å². The van der Waals surface area contributed by atoms with Crippen LogP contribution in [0.25, 0.3) is 52.5 Å². The first-order chi connectivity index (χ1) is 11.8. The second-order valence-electron chi connectivity index (χ2n) is 6.10. The summed E-state index contributed by atoms with van der Waals surface area (Å²) in [7, 11) is 0. The number of thiophene rings is 2. The molecule has 0 N–H and O–H groups in total. The van der Waals surface area contributed by atoms with E-state index in [4.69, 9.17) is 25.3 Å². The Hall–Kier alpha value is -1.46. The van der Waals surface area contributed by atoms with Crippen LogP contribution in [0.4, 0.5) is 0 Å². The minimum absolute atomic E-state index is 1.02. The molecule has 2 heterocycles. The van der Waals surface area contributed by atoms with E-state index in [-0.39, 0.29) is 0 Å². The molecule has 0 aliphatic heterocycles. The zero-order chi connectivity index (χ0) is 16.0. The molecule has 114 valence electrons. The van der Waals surface area contributed by atoms with Crippen LogP contribution in [-0.2, 0) is 0 Å². The first-order valence-corrected chi connectivity index (χ1v) is 10.3. The molecule has 0 bridgehead atoms. The summed E-state index contributed by atoms with van der Waals surface area (Å²) in [4.78, 5) is 2.09. The van der Waals surface area contributed by atoms with Crippen LogP contribution < -0.4 is 0 Å². The molecule has 0 nitrogen and oxygen atoms in total. The third-order valence-electron chi connectivity index (χ3n) is 4.96. The van der Waals surface area contributed by atoms with Crippen LogP contribution in [0.1, 0.15) is 0 Å². The maximum absolute atomic E-state index is 4.97. The van der Waals surface area contributed by atoms with Crippen molar-refractivity contribution < 1.29 is 0 Å². The molecule has 0 saturated carbocycles. The molecule has 6 rings (SSSR count). The Balaban J connectivity index is 2.11. The van der Waals surface area contributed by atoms with Gasteiger partial charge in [0, 0.05) is 56.9 Å². The topological polar surface area (TPSA) is 0 Å². The molecular weight excluding hydrogens is 368 g/mol. The number of rotatable bonds is 0. The predicted molar refractivity (Wildman–Crippen MR) is 115 cm³/mol. The van der Waals surface area contributed by atoms with Gasteiger partial charge in [0.25, 0.3) is 0 Å². The Kier molecular flexibility index (Phi) is 2.63. The molecule has 0 amide bonds. The molecule has 24 heavy (non-hydrogen) atoms. The largest absolute Gasteiger partial charge is 0.143 e. The van der Waals surface area contributed by atoms with E-state index in [2.05, 4.69) is 47.2 Å². The van der Waals surface area contributed by atoms with Crippen LogP contribution in [0.2, 0.25) is 0 Å². The molecule has 0 radical (unpaired) electrons. The van der Waals surface area contributed by atoms with Gasteiger partial charge < -0.3 is 0 Å². The molecule has 0 fully saturated rings. The minimum Gasteiger partial charge on any atom is -0.143 e. The lowest BCUT2D eigenvalue weighted by atomic mass is 9.94. The van der Waals surface area contributed by atoms with E-state index < -0.39 is 0 Å². The zero-order valence-electron chi connectivity index (χ0n) is 12.3. The average molecular weight is 379 g/mol. The molecular formula is C20H10S4. The molecule has 4 heteroatoms. The molecule has 0 saturated heterocycles. The fourth-order valence-electron chi connectivity index (χ4n) is 3.99. The average Bonchev–Trinajstić information content (AvgIpc) is 3.21. The Bertz CT molecular complexity index is 1420. The number of hydrogen-bond acceptors (Lipinski definition) is 4. The van der Waals surface area contributed by atoms with Crippen LogP contribution in [-0.4, -0.2) is 0 Å². The third kappa shape index (κ3) is 1.49. The lowest BCUT2D eigenvalue weighted by Gasteiger charge is -2.12. The molecule has 0 unspecified atom stereocenters. The monoisotopic (exact) mass is 378 g/mol. The van der Waals surface area contributed by atoms with Crippen molar-refractivity contribution >= 4 is 100 Å². The molecule has 0 spiro atoms. The van der Waals surface area contributed by atoms with Crippen LogP contribution in [0.3, 0.4) is 0 Å². The van der Waals surface area contributed by atoms with E-state index in [1.807, 2.05) is 22.7 Å². The van der Waals surface area contributed by atoms with Crippen molar-refractivity contribution in [3.05, 3.63) is 47.2 Å². The lowest BCUT2D eigenvalue weighted by molar-refractivity contribution is 1.56. The number of benzene rings is 4. The Labute approximate surface area is 156 Å². The summed E-state index contributed by atoms with van der Waals surface area (Å²) >= 11 is 13.4. The molecule has 0 aliphatic rings. The quantitative estimate of drug-likeness (QED) is 0.197. The fraction of sp³-hybridized carbons (Fsp3) is 0. The van der Waals surface area contributed by atoms with Crippen molar-refractivity contribution in [2.75, 3.05) is 0 Å². The Morgan fingerprint density at radius 3 is 2.29 bits per heavy atom. The SMILES string of the molecule is Sc1cccc2c(S)c3c4csc5cccc(c6scc(c12)c63)c54. The number of thiol groups is 2. The normalized spacial score (nSPS) is 12.6. The van der Waals surface area contributed by atoms with Crippen molar-refractivity contribution in [2.24, 2.45) is 0 Å². The molecule has 0 aliphatic carbocycles. The van der Waals surface area contributed by atoms with Gasteiger partial charge in [0.15, 0.2) is 0 Å².